The van der Waals surface area contributed by atoms with Crippen LogP contribution in [0.5, 0.6) is 0 Å². The van der Waals surface area contributed by atoms with Crippen molar-refractivity contribution in [3.05, 3.63) is 41.7 Å². The summed E-state index contributed by atoms with van der Waals surface area (Å²) >= 11 is 0. The number of aromatic carboxylic acids is 1. The van der Waals surface area contributed by atoms with Gasteiger partial charge in [-0.2, -0.15) is 0 Å². The molecule has 0 amide bonds. The molecule has 1 aromatic carbocycles. The highest BCUT2D eigenvalue weighted by molar-refractivity contribution is 5.88. The number of rotatable bonds is 2. The average Bonchev–Trinajstić information content (AvgIpc) is 2.78. The molecule has 2 rings (SSSR count). The number of H-pyrrole nitrogens is 1. The summed E-state index contributed by atoms with van der Waals surface area (Å²) in [5, 5.41) is 8.83. The molecule has 0 saturated heterocycles. The van der Waals surface area contributed by atoms with Gasteiger partial charge >= 0.3 is 5.97 Å². The number of hydrogen-bond acceptors (Lipinski definition) is 2. The SMILES string of the molecule is CC(C)(C)c1cnc(-c2ccc(C(=O)O)cc2)[nH]1. The summed E-state index contributed by atoms with van der Waals surface area (Å²) in [4.78, 5) is 18.3. The first kappa shape index (κ1) is 12.4. The molecule has 0 aliphatic rings. The second-order valence-corrected chi connectivity index (χ2v) is 5.28. The van der Waals surface area contributed by atoms with Gasteiger partial charge in [0.15, 0.2) is 0 Å². The Labute approximate surface area is 106 Å². The molecule has 0 spiro atoms. The number of carboxylic acids is 1. The van der Waals surface area contributed by atoms with Crippen LogP contribution in [0.4, 0.5) is 0 Å². The number of carboxylic acid groups (broad SMARTS) is 1. The molecular weight excluding hydrogens is 228 g/mol. The molecule has 4 heteroatoms. The summed E-state index contributed by atoms with van der Waals surface area (Å²) in [5.41, 5.74) is 2.24. The normalized spacial score (nSPS) is 11.5. The Morgan fingerprint density at radius 2 is 1.83 bits per heavy atom. The van der Waals surface area contributed by atoms with E-state index in [1.165, 1.54) is 0 Å². The van der Waals surface area contributed by atoms with Crippen LogP contribution in [0.3, 0.4) is 0 Å². The molecule has 2 N–H and O–H groups in total. The molecule has 94 valence electrons. The quantitative estimate of drug-likeness (QED) is 0.853. The van der Waals surface area contributed by atoms with E-state index in [1.54, 1.807) is 24.3 Å². The lowest BCUT2D eigenvalue weighted by molar-refractivity contribution is 0.0697. The van der Waals surface area contributed by atoms with Crippen molar-refractivity contribution in [2.24, 2.45) is 0 Å². The summed E-state index contributed by atoms with van der Waals surface area (Å²) in [7, 11) is 0. The zero-order chi connectivity index (χ0) is 13.3. The Morgan fingerprint density at radius 3 is 2.28 bits per heavy atom. The predicted molar refractivity (Wildman–Crippen MR) is 69.7 cm³/mol. The number of nitrogens with one attached hydrogen (secondary N) is 1. The van der Waals surface area contributed by atoms with Gasteiger partial charge in [0.05, 0.1) is 5.56 Å². The zero-order valence-electron chi connectivity index (χ0n) is 10.7. The number of aromatic nitrogens is 2. The van der Waals surface area contributed by atoms with E-state index >= 15 is 0 Å². The fraction of sp³-hybridized carbons (Fsp3) is 0.286. The van der Waals surface area contributed by atoms with E-state index in [0.29, 0.717) is 0 Å². The van der Waals surface area contributed by atoms with Crippen LogP contribution < -0.4 is 0 Å². The standard InChI is InChI=1S/C14H16N2O2/c1-14(2,3)11-8-15-12(16-11)9-4-6-10(7-5-9)13(17)18/h4-8H,1-3H3,(H,15,16)(H,17,18). The van der Waals surface area contributed by atoms with Crippen molar-refractivity contribution in [2.45, 2.75) is 26.2 Å². The van der Waals surface area contributed by atoms with Crippen LogP contribution in [0.1, 0.15) is 36.8 Å². The first-order chi connectivity index (χ1) is 8.38. The second kappa shape index (κ2) is 4.29. The van der Waals surface area contributed by atoms with Gasteiger partial charge in [-0.05, 0) is 12.1 Å². The number of aromatic amines is 1. The van der Waals surface area contributed by atoms with Gasteiger partial charge in [-0.15, -0.1) is 0 Å². The molecule has 0 unspecified atom stereocenters. The lowest BCUT2D eigenvalue weighted by Crippen LogP contribution is -2.11. The van der Waals surface area contributed by atoms with Crippen LogP contribution in [0, 0.1) is 0 Å². The maximum atomic E-state index is 10.8. The molecule has 2 aromatic rings. The van der Waals surface area contributed by atoms with E-state index in [0.717, 1.165) is 17.1 Å². The third-order valence-corrected chi connectivity index (χ3v) is 2.79. The minimum atomic E-state index is -0.920. The summed E-state index contributed by atoms with van der Waals surface area (Å²) in [6.07, 6.45) is 1.82. The number of hydrogen-bond donors (Lipinski definition) is 2. The van der Waals surface area contributed by atoms with Crippen molar-refractivity contribution in [2.75, 3.05) is 0 Å². The molecule has 0 bridgehead atoms. The highest BCUT2D eigenvalue weighted by Crippen LogP contribution is 2.23. The van der Waals surface area contributed by atoms with Crippen LogP contribution in [0.15, 0.2) is 30.5 Å². The van der Waals surface area contributed by atoms with E-state index in [9.17, 15) is 4.79 Å². The van der Waals surface area contributed by atoms with Crippen molar-refractivity contribution >= 4 is 5.97 Å². The summed E-state index contributed by atoms with van der Waals surface area (Å²) in [5.74, 6) is -0.159. The lowest BCUT2D eigenvalue weighted by Gasteiger charge is -2.15. The van der Waals surface area contributed by atoms with E-state index < -0.39 is 5.97 Å². The van der Waals surface area contributed by atoms with Gasteiger partial charge in [0.1, 0.15) is 5.82 Å². The molecule has 0 fully saturated rings. The molecule has 4 nitrogen and oxygen atoms in total. The Hall–Kier alpha value is -2.10. The van der Waals surface area contributed by atoms with Gasteiger partial charge in [0.2, 0.25) is 0 Å². The molecule has 0 atom stereocenters. The van der Waals surface area contributed by atoms with Gasteiger partial charge in [0, 0.05) is 22.9 Å². The number of benzene rings is 1. The van der Waals surface area contributed by atoms with Crippen LogP contribution >= 0.6 is 0 Å². The summed E-state index contributed by atoms with van der Waals surface area (Å²) in [6, 6.07) is 6.68. The van der Waals surface area contributed by atoms with Crippen LogP contribution in [0.25, 0.3) is 11.4 Å². The van der Waals surface area contributed by atoms with E-state index in [1.807, 2.05) is 6.20 Å². The second-order valence-electron chi connectivity index (χ2n) is 5.28. The van der Waals surface area contributed by atoms with Crippen LogP contribution in [-0.2, 0) is 5.41 Å². The molecule has 0 aliphatic carbocycles. The highest BCUT2D eigenvalue weighted by atomic mass is 16.4. The van der Waals surface area contributed by atoms with Gasteiger partial charge in [0.25, 0.3) is 0 Å². The number of nitrogens with zero attached hydrogens (tertiary/aromatic N) is 1. The fourth-order valence-corrected chi connectivity index (χ4v) is 1.62. The first-order valence-corrected chi connectivity index (χ1v) is 5.77. The Bertz CT molecular complexity index is 562. The van der Waals surface area contributed by atoms with Gasteiger partial charge < -0.3 is 10.1 Å². The maximum Gasteiger partial charge on any atom is 0.335 e. The summed E-state index contributed by atoms with van der Waals surface area (Å²) < 4.78 is 0. The Morgan fingerprint density at radius 1 is 1.22 bits per heavy atom. The minimum Gasteiger partial charge on any atom is -0.478 e. The topological polar surface area (TPSA) is 66.0 Å². The highest BCUT2D eigenvalue weighted by Gasteiger charge is 2.16. The van der Waals surface area contributed by atoms with Crippen molar-refractivity contribution in [3.63, 3.8) is 0 Å². The monoisotopic (exact) mass is 244 g/mol. The number of carbonyl (C=O) groups is 1. The Balaban J connectivity index is 2.32. The largest absolute Gasteiger partial charge is 0.478 e. The first-order valence-electron chi connectivity index (χ1n) is 5.77. The van der Waals surface area contributed by atoms with Crippen molar-refractivity contribution < 1.29 is 9.90 Å². The average molecular weight is 244 g/mol. The molecule has 1 aromatic heterocycles. The molecule has 0 saturated carbocycles. The molecule has 0 aliphatic heterocycles. The Kier molecular flexibility index (Phi) is 2.95. The minimum absolute atomic E-state index is 0.0201. The van der Waals surface area contributed by atoms with E-state index in [4.69, 9.17) is 5.11 Å². The molecule has 0 radical (unpaired) electrons. The molecule has 1 heterocycles. The fourth-order valence-electron chi connectivity index (χ4n) is 1.62. The molecular formula is C14H16N2O2. The van der Waals surface area contributed by atoms with Crippen molar-refractivity contribution in [1.29, 1.82) is 0 Å². The zero-order valence-corrected chi connectivity index (χ0v) is 10.7. The predicted octanol–water partition coefficient (Wildman–Crippen LogP) is 3.07. The van der Waals surface area contributed by atoms with Crippen LogP contribution in [0.2, 0.25) is 0 Å². The smallest absolute Gasteiger partial charge is 0.335 e. The van der Waals surface area contributed by atoms with E-state index in [2.05, 4.69) is 30.7 Å². The summed E-state index contributed by atoms with van der Waals surface area (Å²) in [6.45, 7) is 6.33. The van der Waals surface area contributed by atoms with Crippen molar-refractivity contribution in [1.82, 2.24) is 9.97 Å². The van der Waals surface area contributed by atoms with E-state index in [-0.39, 0.29) is 11.0 Å². The molecule has 18 heavy (non-hydrogen) atoms. The third kappa shape index (κ3) is 2.42. The van der Waals surface area contributed by atoms with Crippen LogP contribution in [-0.4, -0.2) is 21.0 Å². The van der Waals surface area contributed by atoms with Gasteiger partial charge in [-0.3, -0.25) is 0 Å². The van der Waals surface area contributed by atoms with Gasteiger partial charge in [-0.1, -0.05) is 32.9 Å². The third-order valence-electron chi connectivity index (χ3n) is 2.79. The van der Waals surface area contributed by atoms with Crippen molar-refractivity contribution in [3.8, 4) is 11.4 Å². The number of imidazole rings is 1. The maximum absolute atomic E-state index is 10.8. The van der Waals surface area contributed by atoms with Gasteiger partial charge in [-0.25, -0.2) is 9.78 Å². The lowest BCUT2D eigenvalue weighted by atomic mass is 9.93.